The van der Waals surface area contributed by atoms with Crippen LogP contribution in [0.3, 0.4) is 0 Å². The summed E-state index contributed by atoms with van der Waals surface area (Å²) in [6.07, 6.45) is 5.29. The van der Waals surface area contributed by atoms with E-state index in [2.05, 4.69) is 20.3 Å². The SMILES string of the molecule is CCNC(c1cnc(C)cn1)c1ncccc1OC. The molecule has 19 heavy (non-hydrogen) atoms. The average molecular weight is 258 g/mol. The van der Waals surface area contributed by atoms with Gasteiger partial charge in [0.05, 0.1) is 30.7 Å². The first-order valence-corrected chi connectivity index (χ1v) is 6.27. The zero-order valence-electron chi connectivity index (χ0n) is 11.4. The Balaban J connectivity index is 2.42. The van der Waals surface area contributed by atoms with E-state index in [0.29, 0.717) is 0 Å². The van der Waals surface area contributed by atoms with Gasteiger partial charge in [0.25, 0.3) is 0 Å². The maximum Gasteiger partial charge on any atom is 0.142 e. The second kappa shape index (κ2) is 6.24. The van der Waals surface area contributed by atoms with E-state index in [1.165, 1.54) is 0 Å². The van der Waals surface area contributed by atoms with E-state index in [1.54, 1.807) is 25.7 Å². The fourth-order valence-corrected chi connectivity index (χ4v) is 1.89. The summed E-state index contributed by atoms with van der Waals surface area (Å²) < 4.78 is 5.37. The van der Waals surface area contributed by atoms with Gasteiger partial charge in [0.15, 0.2) is 0 Å². The maximum absolute atomic E-state index is 5.37. The lowest BCUT2D eigenvalue weighted by Crippen LogP contribution is -2.24. The van der Waals surface area contributed by atoms with Crippen LogP contribution in [0, 0.1) is 6.92 Å². The Bertz CT molecular complexity index is 527. The van der Waals surface area contributed by atoms with Crippen molar-refractivity contribution in [3.05, 3.63) is 47.8 Å². The second-order valence-electron chi connectivity index (χ2n) is 4.16. The Morgan fingerprint density at radius 3 is 2.74 bits per heavy atom. The number of aromatic nitrogens is 3. The van der Waals surface area contributed by atoms with Crippen LogP contribution in [0.2, 0.25) is 0 Å². The van der Waals surface area contributed by atoms with Gasteiger partial charge in [0.1, 0.15) is 11.4 Å². The minimum atomic E-state index is -0.116. The highest BCUT2D eigenvalue weighted by molar-refractivity contribution is 5.34. The second-order valence-corrected chi connectivity index (χ2v) is 4.16. The molecule has 0 aromatic carbocycles. The van der Waals surface area contributed by atoms with Crippen molar-refractivity contribution in [3.63, 3.8) is 0 Å². The normalized spacial score (nSPS) is 12.2. The van der Waals surface area contributed by atoms with Crippen molar-refractivity contribution >= 4 is 0 Å². The maximum atomic E-state index is 5.37. The minimum Gasteiger partial charge on any atom is -0.495 e. The predicted octanol–water partition coefficient (Wildman–Crippen LogP) is 1.89. The standard InChI is InChI=1S/C14H18N4O/c1-4-15-13(11-9-17-10(2)8-18-11)14-12(19-3)6-5-7-16-14/h5-9,13,15H,4H2,1-3H3. The number of aryl methyl sites for hydroxylation is 1. The van der Waals surface area contributed by atoms with Crippen LogP contribution in [0.25, 0.3) is 0 Å². The zero-order chi connectivity index (χ0) is 13.7. The molecular weight excluding hydrogens is 240 g/mol. The van der Waals surface area contributed by atoms with Crippen molar-refractivity contribution in [2.24, 2.45) is 0 Å². The Labute approximate surface area is 113 Å². The first kappa shape index (κ1) is 13.4. The van der Waals surface area contributed by atoms with Gasteiger partial charge in [-0.2, -0.15) is 0 Å². The van der Waals surface area contributed by atoms with Crippen molar-refractivity contribution < 1.29 is 4.74 Å². The van der Waals surface area contributed by atoms with E-state index in [1.807, 2.05) is 26.0 Å². The molecular formula is C14H18N4O. The van der Waals surface area contributed by atoms with Crippen molar-refractivity contribution in [2.75, 3.05) is 13.7 Å². The molecule has 0 spiro atoms. The first-order chi connectivity index (χ1) is 9.26. The number of rotatable bonds is 5. The lowest BCUT2D eigenvalue weighted by atomic mass is 10.1. The first-order valence-electron chi connectivity index (χ1n) is 6.27. The fraction of sp³-hybridized carbons (Fsp3) is 0.357. The third-order valence-corrected chi connectivity index (χ3v) is 2.80. The van der Waals surface area contributed by atoms with E-state index in [4.69, 9.17) is 4.74 Å². The predicted molar refractivity (Wildman–Crippen MR) is 73.1 cm³/mol. The summed E-state index contributed by atoms with van der Waals surface area (Å²) in [6, 6.07) is 3.63. The lowest BCUT2D eigenvalue weighted by molar-refractivity contribution is 0.399. The largest absolute Gasteiger partial charge is 0.495 e. The topological polar surface area (TPSA) is 59.9 Å². The Morgan fingerprint density at radius 1 is 1.26 bits per heavy atom. The van der Waals surface area contributed by atoms with Gasteiger partial charge in [-0.25, -0.2) is 0 Å². The zero-order valence-corrected chi connectivity index (χ0v) is 11.4. The molecule has 0 saturated carbocycles. The average Bonchev–Trinajstić information content (AvgIpc) is 2.46. The van der Waals surface area contributed by atoms with E-state index in [9.17, 15) is 0 Å². The number of pyridine rings is 1. The molecule has 0 aliphatic heterocycles. The quantitative estimate of drug-likeness (QED) is 0.887. The Hall–Kier alpha value is -2.01. The van der Waals surface area contributed by atoms with Crippen LogP contribution in [0.5, 0.6) is 5.75 Å². The molecule has 0 fully saturated rings. The molecule has 100 valence electrons. The van der Waals surface area contributed by atoms with E-state index in [-0.39, 0.29) is 6.04 Å². The van der Waals surface area contributed by atoms with Crippen LogP contribution in [0.4, 0.5) is 0 Å². The van der Waals surface area contributed by atoms with Crippen molar-refractivity contribution in [1.82, 2.24) is 20.3 Å². The summed E-state index contributed by atoms with van der Waals surface area (Å²) in [5.74, 6) is 0.746. The highest BCUT2D eigenvalue weighted by atomic mass is 16.5. The van der Waals surface area contributed by atoms with Crippen molar-refractivity contribution in [2.45, 2.75) is 19.9 Å². The molecule has 0 aliphatic carbocycles. The van der Waals surface area contributed by atoms with Gasteiger partial charge in [-0.1, -0.05) is 6.92 Å². The molecule has 1 N–H and O–H groups in total. The molecule has 2 aromatic heterocycles. The van der Waals surface area contributed by atoms with Crippen LogP contribution in [0.1, 0.15) is 30.0 Å². The van der Waals surface area contributed by atoms with Gasteiger partial charge in [-0.05, 0) is 25.6 Å². The third kappa shape index (κ3) is 3.06. The van der Waals surface area contributed by atoms with Crippen LogP contribution < -0.4 is 10.1 Å². The monoisotopic (exact) mass is 258 g/mol. The number of nitrogens with zero attached hydrogens (tertiary/aromatic N) is 3. The lowest BCUT2D eigenvalue weighted by Gasteiger charge is -2.18. The van der Waals surface area contributed by atoms with Gasteiger partial charge in [-0.3, -0.25) is 15.0 Å². The summed E-state index contributed by atoms with van der Waals surface area (Å²) in [5, 5.41) is 3.36. The molecule has 0 amide bonds. The van der Waals surface area contributed by atoms with Gasteiger partial charge >= 0.3 is 0 Å². The minimum absolute atomic E-state index is 0.116. The molecule has 2 rings (SSSR count). The van der Waals surface area contributed by atoms with Gasteiger partial charge in [0.2, 0.25) is 0 Å². The van der Waals surface area contributed by atoms with E-state index < -0.39 is 0 Å². The molecule has 5 heteroatoms. The van der Waals surface area contributed by atoms with E-state index >= 15 is 0 Å². The molecule has 2 aromatic rings. The Morgan fingerprint density at radius 2 is 2.11 bits per heavy atom. The van der Waals surface area contributed by atoms with Crippen molar-refractivity contribution in [3.8, 4) is 5.75 Å². The Kier molecular flexibility index (Phi) is 4.41. The molecule has 0 aliphatic rings. The third-order valence-electron chi connectivity index (χ3n) is 2.80. The molecule has 5 nitrogen and oxygen atoms in total. The number of hydrogen-bond donors (Lipinski definition) is 1. The van der Waals surface area contributed by atoms with Gasteiger partial charge in [0, 0.05) is 12.4 Å². The molecule has 0 radical (unpaired) electrons. The fourth-order valence-electron chi connectivity index (χ4n) is 1.89. The van der Waals surface area contributed by atoms with Crippen LogP contribution >= 0.6 is 0 Å². The summed E-state index contributed by atoms with van der Waals surface area (Å²) in [5.41, 5.74) is 2.56. The van der Waals surface area contributed by atoms with Crippen LogP contribution in [0.15, 0.2) is 30.7 Å². The molecule has 1 unspecified atom stereocenters. The van der Waals surface area contributed by atoms with E-state index in [0.717, 1.165) is 29.4 Å². The summed E-state index contributed by atoms with van der Waals surface area (Å²) in [6.45, 7) is 4.77. The summed E-state index contributed by atoms with van der Waals surface area (Å²) >= 11 is 0. The van der Waals surface area contributed by atoms with Crippen LogP contribution in [-0.2, 0) is 0 Å². The summed E-state index contributed by atoms with van der Waals surface area (Å²) in [7, 11) is 1.64. The van der Waals surface area contributed by atoms with Crippen molar-refractivity contribution in [1.29, 1.82) is 0 Å². The molecule has 2 heterocycles. The highest BCUT2D eigenvalue weighted by Gasteiger charge is 2.20. The van der Waals surface area contributed by atoms with Gasteiger partial charge < -0.3 is 10.1 Å². The van der Waals surface area contributed by atoms with Crippen LogP contribution in [-0.4, -0.2) is 28.6 Å². The highest BCUT2D eigenvalue weighted by Crippen LogP contribution is 2.26. The molecule has 0 bridgehead atoms. The number of hydrogen-bond acceptors (Lipinski definition) is 5. The number of nitrogens with one attached hydrogen (secondary N) is 1. The summed E-state index contributed by atoms with van der Waals surface area (Å²) in [4.78, 5) is 13.1. The van der Waals surface area contributed by atoms with Gasteiger partial charge in [-0.15, -0.1) is 0 Å². The molecule has 0 saturated heterocycles. The number of methoxy groups -OCH3 is 1. The number of ether oxygens (including phenoxy) is 1. The molecule has 1 atom stereocenters. The smallest absolute Gasteiger partial charge is 0.142 e.